The number of aryl methyl sites for hydroxylation is 1. The molecule has 25 heavy (non-hydrogen) atoms. The molecule has 0 spiro atoms. The Labute approximate surface area is 155 Å². The third-order valence-electron chi connectivity index (χ3n) is 4.12. The normalized spacial score (nSPS) is 11.5. The lowest BCUT2D eigenvalue weighted by Gasteiger charge is -2.21. The molecular weight excluding hydrogens is 332 g/mol. The molecule has 2 N–H and O–H groups in total. The van der Waals surface area contributed by atoms with Crippen molar-refractivity contribution in [2.45, 2.75) is 32.7 Å². The minimum Gasteiger partial charge on any atom is -0.496 e. The Morgan fingerprint density at radius 3 is 2.36 bits per heavy atom. The average Bonchev–Trinajstić information content (AvgIpc) is 2.62. The standard InChI is InChI=1S/C20H26N2O2S/c1-5-16(21-20(25)22-17-9-7-6-8-10-17)12-15-13-18(23-3)14(2)11-19(15)24-4/h6-11,13,16H,5,12H2,1-4H3,(H2,21,22,25). The molecule has 134 valence electrons. The highest BCUT2D eigenvalue weighted by molar-refractivity contribution is 7.80. The van der Waals surface area contributed by atoms with Gasteiger partial charge in [0.1, 0.15) is 11.5 Å². The number of benzene rings is 2. The number of para-hydroxylation sites is 1. The maximum Gasteiger partial charge on any atom is 0.171 e. The molecule has 5 heteroatoms. The first-order valence-electron chi connectivity index (χ1n) is 8.41. The van der Waals surface area contributed by atoms with E-state index in [1.165, 1.54) is 0 Å². The Bertz CT molecular complexity index is 704. The van der Waals surface area contributed by atoms with Crippen molar-refractivity contribution in [2.24, 2.45) is 0 Å². The van der Waals surface area contributed by atoms with Gasteiger partial charge < -0.3 is 20.1 Å². The van der Waals surface area contributed by atoms with Crippen LogP contribution in [0.4, 0.5) is 5.69 Å². The topological polar surface area (TPSA) is 42.5 Å². The Morgan fingerprint density at radius 1 is 1.08 bits per heavy atom. The summed E-state index contributed by atoms with van der Waals surface area (Å²) in [6.07, 6.45) is 1.74. The molecule has 0 saturated carbocycles. The molecule has 2 rings (SSSR count). The maximum absolute atomic E-state index is 5.54. The van der Waals surface area contributed by atoms with Crippen LogP contribution in [0.15, 0.2) is 42.5 Å². The second kappa shape index (κ2) is 9.28. The van der Waals surface area contributed by atoms with Crippen molar-refractivity contribution in [1.82, 2.24) is 5.32 Å². The van der Waals surface area contributed by atoms with Crippen LogP contribution in [0.2, 0.25) is 0 Å². The zero-order valence-electron chi connectivity index (χ0n) is 15.3. The lowest BCUT2D eigenvalue weighted by molar-refractivity contribution is 0.394. The molecule has 2 aromatic rings. The van der Waals surface area contributed by atoms with E-state index in [0.29, 0.717) is 5.11 Å². The van der Waals surface area contributed by atoms with Gasteiger partial charge in [-0.15, -0.1) is 0 Å². The van der Waals surface area contributed by atoms with Gasteiger partial charge in [0.25, 0.3) is 0 Å². The van der Waals surface area contributed by atoms with Crippen LogP contribution in [0.3, 0.4) is 0 Å². The van der Waals surface area contributed by atoms with E-state index in [0.717, 1.165) is 41.2 Å². The summed E-state index contributed by atoms with van der Waals surface area (Å²) in [7, 11) is 3.38. The van der Waals surface area contributed by atoms with Crippen LogP contribution < -0.4 is 20.1 Å². The van der Waals surface area contributed by atoms with Crippen LogP contribution >= 0.6 is 12.2 Å². The fourth-order valence-electron chi connectivity index (χ4n) is 2.71. The monoisotopic (exact) mass is 358 g/mol. The quantitative estimate of drug-likeness (QED) is 0.722. The van der Waals surface area contributed by atoms with Gasteiger partial charge in [0.15, 0.2) is 5.11 Å². The zero-order chi connectivity index (χ0) is 18.2. The lowest BCUT2D eigenvalue weighted by Crippen LogP contribution is -2.38. The highest BCUT2D eigenvalue weighted by atomic mass is 32.1. The first-order valence-corrected chi connectivity index (χ1v) is 8.82. The second-order valence-corrected chi connectivity index (χ2v) is 6.32. The number of hydrogen-bond donors (Lipinski definition) is 2. The van der Waals surface area contributed by atoms with Gasteiger partial charge in [-0.05, 0) is 67.4 Å². The molecule has 0 aromatic heterocycles. The molecule has 0 heterocycles. The molecule has 0 amide bonds. The first kappa shape index (κ1) is 19.1. The summed E-state index contributed by atoms with van der Waals surface area (Å²) in [6.45, 7) is 4.15. The number of hydrogen-bond acceptors (Lipinski definition) is 3. The molecule has 0 aliphatic heterocycles. The predicted molar refractivity (Wildman–Crippen MR) is 108 cm³/mol. The van der Waals surface area contributed by atoms with Crippen molar-refractivity contribution < 1.29 is 9.47 Å². The summed E-state index contributed by atoms with van der Waals surface area (Å²) in [5.74, 6) is 1.75. The summed E-state index contributed by atoms with van der Waals surface area (Å²) in [5, 5.41) is 7.23. The van der Waals surface area contributed by atoms with Gasteiger partial charge in [-0.25, -0.2) is 0 Å². The van der Waals surface area contributed by atoms with Crippen LogP contribution in [-0.2, 0) is 6.42 Å². The van der Waals surface area contributed by atoms with Crippen molar-refractivity contribution in [2.75, 3.05) is 19.5 Å². The van der Waals surface area contributed by atoms with E-state index in [1.54, 1.807) is 14.2 Å². The fourth-order valence-corrected chi connectivity index (χ4v) is 2.99. The third-order valence-corrected chi connectivity index (χ3v) is 4.34. The van der Waals surface area contributed by atoms with E-state index < -0.39 is 0 Å². The molecule has 1 unspecified atom stereocenters. The largest absolute Gasteiger partial charge is 0.496 e. The van der Waals surface area contributed by atoms with Gasteiger partial charge in [0.2, 0.25) is 0 Å². The molecule has 4 nitrogen and oxygen atoms in total. The maximum atomic E-state index is 5.54. The Morgan fingerprint density at radius 2 is 1.76 bits per heavy atom. The van der Waals surface area contributed by atoms with E-state index in [1.807, 2.05) is 49.4 Å². The van der Waals surface area contributed by atoms with E-state index in [-0.39, 0.29) is 6.04 Å². The third kappa shape index (κ3) is 5.36. The van der Waals surface area contributed by atoms with Gasteiger partial charge in [0, 0.05) is 11.7 Å². The highest BCUT2D eigenvalue weighted by Crippen LogP contribution is 2.29. The molecular formula is C20H26N2O2S. The summed E-state index contributed by atoms with van der Waals surface area (Å²) in [5.41, 5.74) is 3.14. The number of nitrogens with one attached hydrogen (secondary N) is 2. The molecule has 0 radical (unpaired) electrons. The highest BCUT2D eigenvalue weighted by Gasteiger charge is 2.15. The van der Waals surface area contributed by atoms with Gasteiger partial charge in [-0.2, -0.15) is 0 Å². The number of ether oxygens (including phenoxy) is 2. The zero-order valence-corrected chi connectivity index (χ0v) is 16.1. The van der Waals surface area contributed by atoms with Crippen molar-refractivity contribution >= 4 is 23.0 Å². The molecule has 0 aliphatic rings. The van der Waals surface area contributed by atoms with Gasteiger partial charge >= 0.3 is 0 Å². The van der Waals surface area contributed by atoms with Crippen molar-refractivity contribution in [1.29, 1.82) is 0 Å². The van der Waals surface area contributed by atoms with Gasteiger partial charge in [-0.3, -0.25) is 0 Å². The van der Waals surface area contributed by atoms with E-state index in [9.17, 15) is 0 Å². The Kier molecular flexibility index (Phi) is 7.07. The molecule has 0 fully saturated rings. The summed E-state index contributed by atoms with van der Waals surface area (Å²) < 4.78 is 11.0. The molecule has 0 aliphatic carbocycles. The van der Waals surface area contributed by atoms with Crippen LogP contribution in [0.5, 0.6) is 11.5 Å². The van der Waals surface area contributed by atoms with Gasteiger partial charge in [-0.1, -0.05) is 25.1 Å². The van der Waals surface area contributed by atoms with E-state index in [2.05, 4.69) is 17.6 Å². The number of anilines is 1. The SMILES string of the molecule is CCC(Cc1cc(OC)c(C)cc1OC)NC(=S)Nc1ccccc1. The van der Waals surface area contributed by atoms with E-state index >= 15 is 0 Å². The molecule has 2 aromatic carbocycles. The van der Waals surface area contributed by atoms with E-state index in [4.69, 9.17) is 21.7 Å². The molecule has 0 saturated heterocycles. The Balaban J connectivity index is 2.07. The minimum atomic E-state index is 0.199. The summed E-state index contributed by atoms with van der Waals surface area (Å²) >= 11 is 5.45. The van der Waals surface area contributed by atoms with Gasteiger partial charge in [0.05, 0.1) is 14.2 Å². The number of methoxy groups -OCH3 is 2. The van der Waals surface area contributed by atoms with Crippen molar-refractivity contribution in [3.63, 3.8) is 0 Å². The van der Waals surface area contributed by atoms with Crippen LogP contribution in [0.1, 0.15) is 24.5 Å². The minimum absolute atomic E-state index is 0.199. The number of thiocarbonyl (C=S) groups is 1. The lowest BCUT2D eigenvalue weighted by atomic mass is 10.0. The first-order chi connectivity index (χ1) is 12.1. The van der Waals surface area contributed by atoms with Crippen molar-refractivity contribution in [3.05, 3.63) is 53.6 Å². The predicted octanol–water partition coefficient (Wildman–Crippen LogP) is 4.32. The summed E-state index contributed by atoms with van der Waals surface area (Å²) in [6, 6.07) is 14.2. The fraction of sp³-hybridized carbons (Fsp3) is 0.350. The molecule has 1 atom stereocenters. The Hall–Kier alpha value is -2.27. The van der Waals surface area contributed by atoms with Crippen LogP contribution in [0, 0.1) is 6.92 Å². The number of rotatable bonds is 7. The molecule has 0 bridgehead atoms. The van der Waals surface area contributed by atoms with Crippen LogP contribution in [0.25, 0.3) is 0 Å². The summed E-state index contributed by atoms with van der Waals surface area (Å²) in [4.78, 5) is 0. The smallest absolute Gasteiger partial charge is 0.171 e. The van der Waals surface area contributed by atoms with Crippen LogP contribution in [-0.4, -0.2) is 25.4 Å². The van der Waals surface area contributed by atoms with Crippen molar-refractivity contribution in [3.8, 4) is 11.5 Å². The average molecular weight is 359 g/mol. The second-order valence-electron chi connectivity index (χ2n) is 5.91.